The normalized spacial score (nSPS) is 16.3. The maximum atomic E-state index is 12.3. The van der Waals surface area contributed by atoms with E-state index in [9.17, 15) is 14.7 Å². The predicted octanol–water partition coefficient (Wildman–Crippen LogP) is 0.348. The minimum Gasteiger partial charge on any atom is -0.506 e. The summed E-state index contributed by atoms with van der Waals surface area (Å²) in [6, 6.07) is 2.85. The molecule has 1 aliphatic heterocycles. The van der Waals surface area contributed by atoms with Gasteiger partial charge in [0.2, 0.25) is 5.91 Å². The molecule has 0 aliphatic carbocycles. The predicted molar refractivity (Wildman–Crippen MR) is 91.2 cm³/mol. The van der Waals surface area contributed by atoms with Crippen LogP contribution in [0, 0.1) is 0 Å². The summed E-state index contributed by atoms with van der Waals surface area (Å²) >= 11 is 0. The summed E-state index contributed by atoms with van der Waals surface area (Å²) in [4.78, 5) is 23.5. The number of nitrogens with one attached hydrogen (secondary N) is 3. The van der Waals surface area contributed by atoms with Gasteiger partial charge in [0.05, 0.1) is 38.6 Å². The lowest BCUT2D eigenvalue weighted by Crippen LogP contribution is -2.58. The van der Waals surface area contributed by atoms with Gasteiger partial charge in [0, 0.05) is 32.1 Å². The monoisotopic (exact) mass is 337 g/mol. The Hall–Kier alpha value is -2.32. The third-order valence-electron chi connectivity index (χ3n) is 4.08. The maximum absolute atomic E-state index is 12.3. The minimum absolute atomic E-state index is 0.129. The van der Waals surface area contributed by atoms with Crippen molar-refractivity contribution < 1.29 is 23.9 Å². The number of rotatable bonds is 5. The molecule has 132 valence electrons. The van der Waals surface area contributed by atoms with Crippen molar-refractivity contribution >= 4 is 23.2 Å². The maximum Gasteiger partial charge on any atom is 0.279 e. The number of likely N-dealkylation sites (N-methyl/N-ethyl adjacent to an activating group) is 1. The zero-order valence-electron chi connectivity index (χ0n) is 14.3. The molecule has 1 aromatic carbocycles. The summed E-state index contributed by atoms with van der Waals surface area (Å²) in [5.74, 6) is -0.221. The Balaban J connectivity index is 2.11. The molecule has 1 saturated heterocycles. The first-order chi connectivity index (χ1) is 11.3. The molecule has 0 radical (unpaired) electrons. The van der Waals surface area contributed by atoms with Crippen molar-refractivity contribution in [3.63, 3.8) is 0 Å². The van der Waals surface area contributed by atoms with Crippen LogP contribution in [-0.2, 0) is 9.59 Å². The minimum atomic E-state index is -0.277. The summed E-state index contributed by atoms with van der Waals surface area (Å²) < 4.78 is 5.86. The second-order valence-electron chi connectivity index (χ2n) is 6.27. The summed E-state index contributed by atoms with van der Waals surface area (Å²) in [6.07, 6.45) is 0. The van der Waals surface area contributed by atoms with Crippen molar-refractivity contribution in [2.24, 2.45) is 0 Å². The fourth-order valence-corrected chi connectivity index (χ4v) is 2.75. The zero-order valence-corrected chi connectivity index (χ0v) is 14.3. The molecule has 2 amide bonds. The van der Waals surface area contributed by atoms with E-state index in [2.05, 4.69) is 16.0 Å². The average Bonchev–Trinajstić information content (AvgIpc) is 2.49. The number of hydrogen-bond acceptors (Lipinski definition) is 5. The number of quaternary nitrogens is 1. The van der Waals surface area contributed by atoms with Crippen molar-refractivity contribution in [2.45, 2.75) is 6.92 Å². The van der Waals surface area contributed by atoms with E-state index in [-0.39, 0.29) is 23.3 Å². The molecule has 0 saturated carbocycles. The van der Waals surface area contributed by atoms with Gasteiger partial charge in [-0.15, -0.1) is 0 Å². The summed E-state index contributed by atoms with van der Waals surface area (Å²) in [5.41, 5.74) is 0.606. The van der Waals surface area contributed by atoms with Gasteiger partial charge in [-0.1, -0.05) is 0 Å². The van der Waals surface area contributed by atoms with Crippen molar-refractivity contribution in [2.75, 3.05) is 57.5 Å². The molecule has 1 aromatic rings. The molecule has 1 heterocycles. The van der Waals surface area contributed by atoms with Gasteiger partial charge in [-0.2, -0.15) is 0 Å². The number of anilines is 2. The Morgan fingerprint density at radius 3 is 2.50 bits per heavy atom. The van der Waals surface area contributed by atoms with Gasteiger partial charge >= 0.3 is 0 Å². The highest BCUT2D eigenvalue weighted by Gasteiger charge is 2.28. The molecular weight excluding hydrogens is 312 g/mol. The van der Waals surface area contributed by atoms with E-state index in [4.69, 9.17) is 4.74 Å². The van der Waals surface area contributed by atoms with Crippen LogP contribution in [0.1, 0.15) is 6.92 Å². The van der Waals surface area contributed by atoms with Crippen LogP contribution >= 0.6 is 0 Å². The van der Waals surface area contributed by atoms with Crippen molar-refractivity contribution in [3.8, 4) is 11.5 Å². The quantitative estimate of drug-likeness (QED) is 0.459. The SMILES string of the molecule is COc1cc(NC(=O)C[N+]2(C)CCNCC2)c(O)cc1NC(C)=O. The van der Waals surface area contributed by atoms with Crippen LogP contribution in [0.15, 0.2) is 12.1 Å². The van der Waals surface area contributed by atoms with Gasteiger partial charge in [0.25, 0.3) is 5.91 Å². The van der Waals surface area contributed by atoms with Crippen LogP contribution in [0.5, 0.6) is 11.5 Å². The van der Waals surface area contributed by atoms with Crippen LogP contribution < -0.4 is 20.7 Å². The number of aromatic hydroxyl groups is 1. The van der Waals surface area contributed by atoms with Gasteiger partial charge in [-0.3, -0.25) is 9.59 Å². The lowest BCUT2D eigenvalue weighted by Gasteiger charge is -2.37. The van der Waals surface area contributed by atoms with Crippen LogP contribution in [-0.4, -0.2) is 68.3 Å². The lowest BCUT2D eigenvalue weighted by molar-refractivity contribution is -0.903. The number of carbonyl (C=O) groups excluding carboxylic acids is 2. The second-order valence-corrected chi connectivity index (χ2v) is 6.27. The highest BCUT2D eigenvalue weighted by molar-refractivity contribution is 5.96. The molecule has 1 fully saturated rings. The number of piperazine rings is 1. The van der Waals surface area contributed by atoms with Crippen LogP contribution in [0.25, 0.3) is 0 Å². The van der Waals surface area contributed by atoms with Crippen LogP contribution in [0.3, 0.4) is 0 Å². The largest absolute Gasteiger partial charge is 0.506 e. The number of methoxy groups -OCH3 is 1. The zero-order chi connectivity index (χ0) is 17.7. The molecule has 0 atom stereocenters. The highest BCUT2D eigenvalue weighted by Crippen LogP contribution is 2.35. The number of carbonyl (C=O) groups is 2. The Bertz CT molecular complexity index is 627. The summed E-state index contributed by atoms with van der Waals surface area (Å²) in [6.45, 7) is 5.22. The Labute approximate surface area is 141 Å². The van der Waals surface area contributed by atoms with Gasteiger partial charge in [-0.25, -0.2) is 0 Å². The first kappa shape index (κ1) is 18.0. The van der Waals surface area contributed by atoms with Crippen molar-refractivity contribution in [3.05, 3.63) is 12.1 Å². The van der Waals surface area contributed by atoms with E-state index >= 15 is 0 Å². The Kier molecular flexibility index (Phi) is 5.63. The molecule has 0 unspecified atom stereocenters. The third-order valence-corrected chi connectivity index (χ3v) is 4.08. The Morgan fingerprint density at radius 1 is 1.25 bits per heavy atom. The molecule has 8 heteroatoms. The molecule has 0 spiro atoms. The lowest BCUT2D eigenvalue weighted by atomic mass is 10.2. The van der Waals surface area contributed by atoms with Gasteiger partial charge in [0.15, 0.2) is 6.54 Å². The van der Waals surface area contributed by atoms with E-state index in [1.165, 1.54) is 26.2 Å². The fourth-order valence-electron chi connectivity index (χ4n) is 2.75. The third kappa shape index (κ3) is 4.59. The van der Waals surface area contributed by atoms with Crippen LogP contribution in [0.4, 0.5) is 11.4 Å². The molecule has 0 aromatic heterocycles. The first-order valence-corrected chi connectivity index (χ1v) is 7.86. The Morgan fingerprint density at radius 2 is 1.92 bits per heavy atom. The van der Waals surface area contributed by atoms with Crippen molar-refractivity contribution in [1.29, 1.82) is 0 Å². The average molecular weight is 337 g/mol. The van der Waals surface area contributed by atoms with E-state index in [0.717, 1.165) is 26.2 Å². The molecule has 24 heavy (non-hydrogen) atoms. The number of nitrogens with zero attached hydrogens (tertiary/aromatic N) is 1. The van der Waals surface area contributed by atoms with Gasteiger partial charge in [-0.05, 0) is 0 Å². The first-order valence-electron chi connectivity index (χ1n) is 7.86. The highest BCUT2D eigenvalue weighted by atomic mass is 16.5. The number of phenolic OH excluding ortho intramolecular Hbond substituents is 1. The van der Waals surface area contributed by atoms with Crippen molar-refractivity contribution in [1.82, 2.24) is 5.32 Å². The molecule has 8 nitrogen and oxygen atoms in total. The number of phenols is 1. The fraction of sp³-hybridized carbons (Fsp3) is 0.500. The van der Waals surface area contributed by atoms with E-state index in [1.54, 1.807) is 0 Å². The second kappa shape index (κ2) is 7.50. The molecular formula is C16H25N4O4+. The van der Waals surface area contributed by atoms with Gasteiger partial charge < -0.3 is 30.3 Å². The standard InChI is InChI=1S/C16H24N4O4/c1-11(21)18-13-8-14(22)12(9-15(13)24-3)19-16(23)10-20(2)6-4-17-5-7-20/h8-9,17H,4-7,10H2,1-3H3,(H2-,18,19,21,22,23)/p+1. The van der Waals surface area contributed by atoms with E-state index in [1.807, 2.05) is 7.05 Å². The summed E-state index contributed by atoms with van der Waals surface area (Å²) in [7, 11) is 3.50. The van der Waals surface area contributed by atoms with Gasteiger partial charge in [0.1, 0.15) is 11.5 Å². The smallest absolute Gasteiger partial charge is 0.279 e. The molecule has 2 rings (SSSR count). The number of amides is 2. The topological polar surface area (TPSA) is 99.7 Å². The number of hydrogen-bond donors (Lipinski definition) is 4. The molecule has 0 bridgehead atoms. The van der Waals surface area contributed by atoms with E-state index < -0.39 is 0 Å². The molecule has 1 aliphatic rings. The van der Waals surface area contributed by atoms with E-state index in [0.29, 0.717) is 22.5 Å². The molecule has 4 N–H and O–H groups in total. The summed E-state index contributed by atoms with van der Waals surface area (Å²) in [5, 5.41) is 18.7. The van der Waals surface area contributed by atoms with Crippen LogP contribution in [0.2, 0.25) is 0 Å². The number of ether oxygens (including phenoxy) is 1. The number of benzene rings is 1.